The summed E-state index contributed by atoms with van der Waals surface area (Å²) in [4.78, 5) is 22.1. The Morgan fingerprint density at radius 3 is 2.35 bits per heavy atom. The maximum absolute atomic E-state index is 11.6. The van der Waals surface area contributed by atoms with E-state index in [4.69, 9.17) is 5.73 Å². The highest BCUT2D eigenvalue weighted by Crippen LogP contribution is 2.31. The van der Waals surface area contributed by atoms with Crippen LogP contribution in [0.3, 0.4) is 0 Å². The molecule has 0 aliphatic heterocycles. The molecule has 5 heteroatoms. The second-order valence-corrected chi connectivity index (χ2v) is 4.84. The molecule has 0 spiro atoms. The number of urea groups is 1. The predicted octanol–water partition coefficient (Wildman–Crippen LogP) is 1.68. The van der Waals surface area contributed by atoms with Crippen LogP contribution in [0.25, 0.3) is 0 Å². The summed E-state index contributed by atoms with van der Waals surface area (Å²) in [7, 11) is 0. The molecule has 17 heavy (non-hydrogen) atoms. The Morgan fingerprint density at radius 1 is 1.18 bits per heavy atom. The Labute approximate surface area is 102 Å². The fourth-order valence-electron chi connectivity index (χ4n) is 2.43. The second-order valence-electron chi connectivity index (χ2n) is 4.84. The van der Waals surface area contributed by atoms with Crippen LogP contribution in [-0.2, 0) is 4.79 Å². The fourth-order valence-corrected chi connectivity index (χ4v) is 2.43. The van der Waals surface area contributed by atoms with Crippen LogP contribution in [0.2, 0.25) is 0 Å². The van der Waals surface area contributed by atoms with Gasteiger partial charge in [-0.25, -0.2) is 10.2 Å². The van der Waals surface area contributed by atoms with E-state index in [1.54, 1.807) is 0 Å². The topological polar surface area (TPSA) is 84.2 Å². The minimum atomic E-state index is -0.727. The van der Waals surface area contributed by atoms with Gasteiger partial charge in [0.1, 0.15) is 0 Å². The van der Waals surface area contributed by atoms with Crippen LogP contribution >= 0.6 is 0 Å². The van der Waals surface area contributed by atoms with E-state index in [0.29, 0.717) is 0 Å². The molecule has 1 saturated carbocycles. The zero-order valence-electron chi connectivity index (χ0n) is 10.5. The molecule has 5 nitrogen and oxygen atoms in total. The number of nitrogens with two attached hydrogens (primary N) is 1. The van der Waals surface area contributed by atoms with Crippen molar-refractivity contribution in [1.29, 1.82) is 0 Å². The minimum Gasteiger partial charge on any atom is -0.350 e. The molecule has 3 amide bonds. The van der Waals surface area contributed by atoms with Crippen molar-refractivity contribution in [1.82, 2.24) is 10.9 Å². The number of primary amides is 1. The van der Waals surface area contributed by atoms with Crippen molar-refractivity contribution in [3.05, 3.63) is 0 Å². The molecule has 0 unspecified atom stereocenters. The van der Waals surface area contributed by atoms with Gasteiger partial charge in [-0.1, -0.05) is 26.2 Å². The molecule has 1 rings (SSSR count). The number of hydrogen-bond acceptors (Lipinski definition) is 2. The maximum Gasteiger partial charge on any atom is 0.330 e. The second kappa shape index (κ2) is 7.14. The highest BCUT2D eigenvalue weighted by molar-refractivity contribution is 5.82. The van der Waals surface area contributed by atoms with E-state index in [1.165, 1.54) is 19.3 Å². The van der Waals surface area contributed by atoms with Gasteiger partial charge < -0.3 is 5.73 Å². The number of carbonyl (C=O) groups is 2. The Hall–Kier alpha value is -1.26. The van der Waals surface area contributed by atoms with Gasteiger partial charge in [0.25, 0.3) is 0 Å². The first-order valence-electron chi connectivity index (χ1n) is 6.48. The molecule has 0 radical (unpaired) electrons. The third-order valence-electron chi connectivity index (χ3n) is 3.49. The molecule has 0 aromatic rings. The number of nitrogens with one attached hydrogen (secondary N) is 2. The van der Waals surface area contributed by atoms with Crippen LogP contribution in [-0.4, -0.2) is 11.9 Å². The normalized spacial score (nSPS) is 24.1. The van der Waals surface area contributed by atoms with Gasteiger partial charge in [-0.15, -0.1) is 0 Å². The lowest BCUT2D eigenvalue weighted by molar-refractivity contribution is -0.126. The van der Waals surface area contributed by atoms with Crippen LogP contribution < -0.4 is 16.6 Å². The lowest BCUT2D eigenvalue weighted by Crippen LogP contribution is -2.47. The number of rotatable bonds is 4. The molecule has 4 N–H and O–H groups in total. The standard InChI is InChI=1S/C12H23N3O2/c1-2-3-4-9-5-7-10(8-6-9)11(16)14-15-12(13)17/h9-10H,2-8H2,1H3,(H,14,16)(H3,13,15,17). The third kappa shape index (κ3) is 5.06. The van der Waals surface area contributed by atoms with Crippen molar-refractivity contribution in [3.63, 3.8) is 0 Å². The summed E-state index contributed by atoms with van der Waals surface area (Å²) in [6.45, 7) is 2.20. The maximum atomic E-state index is 11.6. The molecular formula is C12H23N3O2. The zero-order valence-corrected chi connectivity index (χ0v) is 10.5. The van der Waals surface area contributed by atoms with Gasteiger partial charge in [-0.2, -0.15) is 0 Å². The Bertz CT molecular complexity index is 260. The number of hydrazine groups is 1. The van der Waals surface area contributed by atoms with Gasteiger partial charge in [0.15, 0.2) is 0 Å². The SMILES string of the molecule is CCCCC1CCC(C(=O)NNC(N)=O)CC1. The minimum absolute atomic E-state index is 0.0275. The average Bonchev–Trinajstić information content (AvgIpc) is 2.34. The van der Waals surface area contributed by atoms with E-state index in [1.807, 2.05) is 0 Å². The van der Waals surface area contributed by atoms with E-state index < -0.39 is 6.03 Å². The third-order valence-corrected chi connectivity index (χ3v) is 3.49. The average molecular weight is 241 g/mol. The number of carbonyl (C=O) groups excluding carboxylic acids is 2. The van der Waals surface area contributed by atoms with Crippen molar-refractivity contribution in [2.75, 3.05) is 0 Å². The quantitative estimate of drug-likeness (QED) is 0.654. The van der Waals surface area contributed by atoms with Crippen molar-refractivity contribution in [2.24, 2.45) is 17.6 Å². The molecule has 0 aromatic heterocycles. The lowest BCUT2D eigenvalue weighted by atomic mass is 9.79. The summed E-state index contributed by atoms with van der Waals surface area (Å²) in [5, 5.41) is 0. The molecule has 1 aliphatic carbocycles. The van der Waals surface area contributed by atoms with Crippen LogP contribution in [0.5, 0.6) is 0 Å². The van der Waals surface area contributed by atoms with E-state index in [2.05, 4.69) is 17.8 Å². The van der Waals surface area contributed by atoms with Gasteiger partial charge in [-0.3, -0.25) is 10.2 Å². The summed E-state index contributed by atoms with van der Waals surface area (Å²) in [6.07, 6.45) is 7.88. The molecule has 1 fully saturated rings. The molecule has 0 saturated heterocycles. The largest absolute Gasteiger partial charge is 0.350 e. The van der Waals surface area contributed by atoms with Gasteiger partial charge in [0.05, 0.1) is 0 Å². The van der Waals surface area contributed by atoms with Crippen LogP contribution in [0.1, 0.15) is 51.9 Å². The number of hydrogen-bond donors (Lipinski definition) is 3. The van der Waals surface area contributed by atoms with E-state index in [0.717, 1.165) is 31.6 Å². The summed E-state index contributed by atoms with van der Waals surface area (Å²) >= 11 is 0. The zero-order chi connectivity index (χ0) is 12.7. The van der Waals surface area contributed by atoms with E-state index >= 15 is 0 Å². The Kier molecular flexibility index (Phi) is 5.80. The van der Waals surface area contributed by atoms with E-state index in [-0.39, 0.29) is 11.8 Å². The summed E-state index contributed by atoms with van der Waals surface area (Å²) in [5.74, 6) is 0.695. The van der Waals surface area contributed by atoms with Crippen molar-refractivity contribution in [2.45, 2.75) is 51.9 Å². The van der Waals surface area contributed by atoms with Gasteiger partial charge in [-0.05, 0) is 31.6 Å². The first-order valence-corrected chi connectivity index (χ1v) is 6.48. The number of amides is 3. The Morgan fingerprint density at radius 2 is 1.82 bits per heavy atom. The van der Waals surface area contributed by atoms with Gasteiger partial charge in [0.2, 0.25) is 5.91 Å². The molecular weight excluding hydrogens is 218 g/mol. The summed E-state index contributed by atoms with van der Waals surface area (Å²) in [5.41, 5.74) is 9.36. The molecule has 1 aliphatic rings. The lowest BCUT2D eigenvalue weighted by Gasteiger charge is -2.27. The first-order chi connectivity index (χ1) is 8.13. The van der Waals surface area contributed by atoms with Crippen LogP contribution in [0, 0.1) is 11.8 Å². The molecule has 0 heterocycles. The monoisotopic (exact) mass is 241 g/mol. The van der Waals surface area contributed by atoms with Gasteiger partial charge in [0, 0.05) is 5.92 Å². The molecule has 0 bridgehead atoms. The van der Waals surface area contributed by atoms with Crippen LogP contribution in [0.4, 0.5) is 4.79 Å². The summed E-state index contributed by atoms with van der Waals surface area (Å²) < 4.78 is 0. The van der Waals surface area contributed by atoms with Crippen molar-refractivity contribution >= 4 is 11.9 Å². The fraction of sp³-hybridized carbons (Fsp3) is 0.833. The predicted molar refractivity (Wildman–Crippen MR) is 65.8 cm³/mol. The summed E-state index contributed by atoms with van der Waals surface area (Å²) in [6, 6.07) is -0.727. The number of unbranched alkanes of at least 4 members (excludes halogenated alkanes) is 1. The Balaban J connectivity index is 2.21. The van der Waals surface area contributed by atoms with Crippen molar-refractivity contribution in [3.8, 4) is 0 Å². The van der Waals surface area contributed by atoms with Crippen LogP contribution in [0.15, 0.2) is 0 Å². The smallest absolute Gasteiger partial charge is 0.330 e. The molecule has 0 aromatic carbocycles. The van der Waals surface area contributed by atoms with Crippen molar-refractivity contribution < 1.29 is 9.59 Å². The van der Waals surface area contributed by atoms with E-state index in [9.17, 15) is 9.59 Å². The van der Waals surface area contributed by atoms with Gasteiger partial charge >= 0.3 is 6.03 Å². The molecule has 0 atom stereocenters. The molecule has 98 valence electrons. The first kappa shape index (κ1) is 13.8. The highest BCUT2D eigenvalue weighted by atomic mass is 16.2. The highest BCUT2D eigenvalue weighted by Gasteiger charge is 2.25.